The Kier molecular flexibility index (Phi) is 6.45. The Morgan fingerprint density at radius 1 is 1.35 bits per heavy atom. The molecule has 112 valence electrons. The van der Waals surface area contributed by atoms with Crippen LogP contribution in [0.15, 0.2) is 24.3 Å². The van der Waals surface area contributed by atoms with Crippen molar-refractivity contribution in [1.29, 1.82) is 0 Å². The summed E-state index contributed by atoms with van der Waals surface area (Å²) in [7, 11) is 0. The predicted molar refractivity (Wildman–Crippen MR) is 75.5 cm³/mol. The molecule has 2 N–H and O–H groups in total. The van der Waals surface area contributed by atoms with Crippen LogP contribution in [0.3, 0.4) is 0 Å². The Morgan fingerprint density at radius 3 is 2.50 bits per heavy atom. The summed E-state index contributed by atoms with van der Waals surface area (Å²) < 4.78 is 18.2. The van der Waals surface area contributed by atoms with E-state index in [1.165, 1.54) is 12.1 Å². The molecule has 0 spiro atoms. The number of nitrogens with one attached hydrogen (secondary N) is 1. The molecule has 1 aromatic carbocycles. The van der Waals surface area contributed by atoms with Gasteiger partial charge < -0.3 is 15.2 Å². The largest absolute Gasteiger partial charge is 0.494 e. The number of likely N-dealkylation sites (N-methyl/N-ethyl adjacent to an activating group) is 1. The van der Waals surface area contributed by atoms with Crippen LogP contribution in [0.25, 0.3) is 0 Å². The number of hydrogen-bond acceptors (Lipinski definition) is 3. The van der Waals surface area contributed by atoms with Gasteiger partial charge in [0.15, 0.2) is 0 Å². The second kappa shape index (κ2) is 7.85. The van der Waals surface area contributed by atoms with E-state index < -0.39 is 11.5 Å². The molecule has 0 radical (unpaired) electrons. The lowest BCUT2D eigenvalue weighted by molar-refractivity contribution is -0.145. The topological polar surface area (TPSA) is 58.6 Å². The summed E-state index contributed by atoms with van der Waals surface area (Å²) in [4.78, 5) is 11.4. The molecule has 1 rings (SSSR count). The molecule has 0 aliphatic heterocycles. The molecule has 0 heterocycles. The van der Waals surface area contributed by atoms with Crippen LogP contribution >= 0.6 is 0 Å². The molecule has 0 saturated carbocycles. The van der Waals surface area contributed by atoms with Gasteiger partial charge in [0.1, 0.15) is 17.1 Å². The van der Waals surface area contributed by atoms with Crippen LogP contribution in [0.1, 0.15) is 33.1 Å². The SMILES string of the molecule is CCNC(CC)(CCCOc1ccc(F)cc1)C(=O)O. The minimum absolute atomic E-state index is 0.305. The lowest BCUT2D eigenvalue weighted by Crippen LogP contribution is -2.51. The van der Waals surface area contributed by atoms with E-state index >= 15 is 0 Å². The highest BCUT2D eigenvalue weighted by Crippen LogP contribution is 2.19. The van der Waals surface area contributed by atoms with E-state index in [1.54, 1.807) is 12.1 Å². The van der Waals surface area contributed by atoms with Crippen molar-refractivity contribution < 1.29 is 19.0 Å². The summed E-state index contributed by atoms with van der Waals surface area (Å²) in [5.41, 5.74) is -0.888. The zero-order valence-electron chi connectivity index (χ0n) is 12.0. The molecule has 5 heteroatoms. The number of carbonyl (C=O) groups is 1. The Morgan fingerprint density at radius 2 is 2.00 bits per heavy atom. The third-order valence-corrected chi connectivity index (χ3v) is 3.36. The van der Waals surface area contributed by atoms with Gasteiger partial charge in [0, 0.05) is 0 Å². The molecule has 0 aliphatic rings. The summed E-state index contributed by atoms with van der Waals surface area (Å²) in [6.45, 7) is 4.77. The highest BCUT2D eigenvalue weighted by molar-refractivity contribution is 5.78. The molecular weight excluding hydrogens is 261 g/mol. The molecule has 1 unspecified atom stereocenters. The van der Waals surface area contributed by atoms with Crippen LogP contribution in [0.2, 0.25) is 0 Å². The number of carboxylic acids is 1. The van der Waals surface area contributed by atoms with E-state index in [0.717, 1.165) is 0 Å². The van der Waals surface area contributed by atoms with Gasteiger partial charge in [0.25, 0.3) is 0 Å². The van der Waals surface area contributed by atoms with Gasteiger partial charge in [-0.05, 0) is 50.1 Å². The Bertz CT molecular complexity index is 422. The lowest BCUT2D eigenvalue weighted by atomic mass is 9.90. The first-order valence-corrected chi connectivity index (χ1v) is 6.91. The quantitative estimate of drug-likeness (QED) is 0.684. The maximum atomic E-state index is 12.7. The average molecular weight is 283 g/mol. The minimum atomic E-state index is -0.888. The van der Waals surface area contributed by atoms with Gasteiger partial charge in [0.2, 0.25) is 0 Å². The average Bonchev–Trinajstić information content (AvgIpc) is 2.44. The molecule has 0 aliphatic carbocycles. The first-order chi connectivity index (χ1) is 9.54. The molecular formula is C15H22FNO3. The lowest BCUT2D eigenvalue weighted by Gasteiger charge is -2.29. The zero-order chi connectivity index (χ0) is 15.0. The highest BCUT2D eigenvalue weighted by Gasteiger charge is 2.34. The molecule has 0 bridgehead atoms. The predicted octanol–water partition coefficient (Wildman–Crippen LogP) is 2.83. The third kappa shape index (κ3) is 4.49. The smallest absolute Gasteiger partial charge is 0.323 e. The van der Waals surface area contributed by atoms with Gasteiger partial charge in [-0.2, -0.15) is 0 Å². The van der Waals surface area contributed by atoms with E-state index in [4.69, 9.17) is 4.74 Å². The number of rotatable bonds is 9. The Balaban J connectivity index is 2.44. The monoisotopic (exact) mass is 283 g/mol. The van der Waals surface area contributed by atoms with Gasteiger partial charge in [-0.1, -0.05) is 13.8 Å². The van der Waals surface area contributed by atoms with Crippen LogP contribution in [0.4, 0.5) is 4.39 Å². The van der Waals surface area contributed by atoms with Gasteiger partial charge in [-0.25, -0.2) is 4.39 Å². The first kappa shape index (κ1) is 16.4. The van der Waals surface area contributed by atoms with Crippen LogP contribution < -0.4 is 10.1 Å². The maximum absolute atomic E-state index is 12.7. The van der Waals surface area contributed by atoms with Crippen molar-refractivity contribution in [3.05, 3.63) is 30.1 Å². The van der Waals surface area contributed by atoms with E-state index in [0.29, 0.717) is 38.2 Å². The van der Waals surface area contributed by atoms with E-state index in [9.17, 15) is 14.3 Å². The summed E-state index contributed by atoms with van der Waals surface area (Å²) in [5.74, 6) is -0.545. The fraction of sp³-hybridized carbons (Fsp3) is 0.533. The maximum Gasteiger partial charge on any atom is 0.323 e. The van der Waals surface area contributed by atoms with Crippen LogP contribution in [0, 0.1) is 5.82 Å². The molecule has 0 saturated heterocycles. The van der Waals surface area contributed by atoms with Crippen LogP contribution in [-0.4, -0.2) is 29.8 Å². The standard InChI is InChI=1S/C15H22FNO3/c1-3-15(14(18)19,17-4-2)10-5-11-20-13-8-6-12(16)7-9-13/h6-9,17H,3-5,10-11H2,1-2H3,(H,18,19). The number of carboxylic acid groups (broad SMARTS) is 1. The number of hydrogen-bond donors (Lipinski definition) is 2. The van der Waals surface area contributed by atoms with Gasteiger partial charge >= 0.3 is 5.97 Å². The van der Waals surface area contributed by atoms with Gasteiger partial charge in [0.05, 0.1) is 6.61 Å². The van der Waals surface area contributed by atoms with Crippen molar-refractivity contribution in [1.82, 2.24) is 5.32 Å². The second-order valence-electron chi connectivity index (χ2n) is 4.68. The van der Waals surface area contributed by atoms with Gasteiger partial charge in [-0.3, -0.25) is 4.79 Å². The molecule has 0 aromatic heterocycles. The number of benzene rings is 1. The van der Waals surface area contributed by atoms with Crippen LogP contribution in [0.5, 0.6) is 5.75 Å². The van der Waals surface area contributed by atoms with Crippen molar-refractivity contribution in [2.75, 3.05) is 13.2 Å². The van der Waals surface area contributed by atoms with Gasteiger partial charge in [-0.15, -0.1) is 0 Å². The van der Waals surface area contributed by atoms with Crippen molar-refractivity contribution in [2.45, 2.75) is 38.6 Å². The van der Waals surface area contributed by atoms with E-state index in [1.807, 2.05) is 13.8 Å². The fourth-order valence-electron chi connectivity index (χ4n) is 2.16. The second-order valence-corrected chi connectivity index (χ2v) is 4.68. The van der Waals surface area contributed by atoms with Crippen molar-refractivity contribution in [2.24, 2.45) is 0 Å². The van der Waals surface area contributed by atoms with Crippen molar-refractivity contribution in [3.63, 3.8) is 0 Å². The van der Waals surface area contributed by atoms with E-state index in [-0.39, 0.29) is 5.82 Å². The number of halogens is 1. The third-order valence-electron chi connectivity index (χ3n) is 3.36. The Hall–Kier alpha value is -1.62. The Labute approximate surface area is 119 Å². The number of aliphatic carboxylic acids is 1. The summed E-state index contributed by atoms with van der Waals surface area (Å²) in [5, 5.41) is 12.4. The zero-order valence-corrected chi connectivity index (χ0v) is 12.0. The molecule has 20 heavy (non-hydrogen) atoms. The van der Waals surface area contributed by atoms with Crippen molar-refractivity contribution >= 4 is 5.97 Å². The van der Waals surface area contributed by atoms with Crippen molar-refractivity contribution in [3.8, 4) is 5.75 Å². The molecule has 0 amide bonds. The summed E-state index contributed by atoms with van der Waals surface area (Å²) >= 11 is 0. The highest BCUT2D eigenvalue weighted by atomic mass is 19.1. The normalized spacial score (nSPS) is 13.8. The molecule has 0 fully saturated rings. The first-order valence-electron chi connectivity index (χ1n) is 6.91. The molecule has 4 nitrogen and oxygen atoms in total. The summed E-state index contributed by atoms with van der Waals surface area (Å²) in [6.07, 6.45) is 1.63. The summed E-state index contributed by atoms with van der Waals surface area (Å²) in [6, 6.07) is 5.79. The minimum Gasteiger partial charge on any atom is -0.494 e. The molecule has 1 atom stereocenters. The fourth-order valence-corrected chi connectivity index (χ4v) is 2.16. The number of ether oxygens (including phenoxy) is 1. The molecule has 1 aromatic rings. The van der Waals surface area contributed by atoms with Crippen LogP contribution in [-0.2, 0) is 4.79 Å². The van der Waals surface area contributed by atoms with E-state index in [2.05, 4.69) is 5.32 Å².